The fraction of sp³-hybridized carbons (Fsp3) is 0.216. The number of hydrogen-bond donors (Lipinski definition) is 2. The second-order valence-electron chi connectivity index (χ2n) is 15.8. The van der Waals surface area contributed by atoms with Crippen LogP contribution in [0.3, 0.4) is 0 Å². The van der Waals surface area contributed by atoms with Crippen LogP contribution in [0.2, 0.25) is 20.1 Å². The summed E-state index contributed by atoms with van der Waals surface area (Å²) in [5.41, 5.74) is 0.798. The van der Waals surface area contributed by atoms with E-state index in [2.05, 4.69) is 9.97 Å². The number of benzene rings is 4. The Morgan fingerprint density at radius 3 is 1.66 bits per heavy atom. The number of aliphatic hydroxyl groups is 1. The fourth-order valence-electron chi connectivity index (χ4n) is 7.56. The van der Waals surface area contributed by atoms with Gasteiger partial charge in [0.2, 0.25) is 11.8 Å². The molecule has 4 heterocycles. The van der Waals surface area contributed by atoms with Crippen molar-refractivity contribution in [2.24, 2.45) is 14.1 Å². The minimum Gasteiger partial charge on any atom is -0.483 e. The van der Waals surface area contributed by atoms with Gasteiger partial charge in [-0.2, -0.15) is 0 Å². The van der Waals surface area contributed by atoms with Crippen LogP contribution in [0.5, 0.6) is 23.3 Å². The molecule has 8 rings (SSSR count). The van der Waals surface area contributed by atoms with Crippen LogP contribution in [0.4, 0.5) is 0 Å². The first-order valence-corrected chi connectivity index (χ1v) is 23.5. The molecule has 0 spiro atoms. The molecule has 0 aliphatic carbocycles. The monoisotopic (exact) mass is 1120 g/mol. The SMILES string of the molecule is CCCCn1c(=O)c2c(C(O)c3ccc(Cl)cc3)c(Oc3cccc(Cl)c3)ncc2n(C)c1=O.Cn1c(=O)n(CCCOC=O)c(=O)c2c(Cc3ccc(Cl)cc3)c(Oc3cccc(Cl)c3)ncc21.O=CO.[Zn]. The maximum atomic E-state index is 13.6. The van der Waals surface area contributed by atoms with Crippen LogP contribution >= 0.6 is 46.4 Å². The van der Waals surface area contributed by atoms with E-state index < -0.39 is 28.6 Å². The van der Waals surface area contributed by atoms with Crippen molar-refractivity contribution in [1.82, 2.24) is 28.2 Å². The molecule has 0 radical (unpaired) electrons. The molecular weight excluding hydrogens is 1080 g/mol. The number of nitrogens with zero attached hydrogens (tertiary/aromatic N) is 6. The Kier molecular flexibility index (Phi) is 21.1. The van der Waals surface area contributed by atoms with E-state index >= 15 is 0 Å². The number of carboxylic acid groups (broad SMARTS) is 1. The van der Waals surface area contributed by atoms with Crippen molar-refractivity contribution in [2.75, 3.05) is 6.61 Å². The van der Waals surface area contributed by atoms with Gasteiger partial charge < -0.3 is 24.4 Å². The van der Waals surface area contributed by atoms with Gasteiger partial charge in [0.15, 0.2) is 0 Å². The average Bonchev–Trinajstić information content (AvgIpc) is 3.36. The molecule has 0 fully saturated rings. The Morgan fingerprint density at radius 1 is 0.658 bits per heavy atom. The van der Waals surface area contributed by atoms with Crippen LogP contribution in [0, 0.1) is 0 Å². The van der Waals surface area contributed by atoms with E-state index in [-0.39, 0.29) is 68.4 Å². The third kappa shape index (κ3) is 13.9. The molecule has 0 aliphatic rings. The predicted molar refractivity (Wildman–Crippen MR) is 276 cm³/mol. The van der Waals surface area contributed by atoms with E-state index in [1.54, 1.807) is 99.0 Å². The molecule has 0 bridgehead atoms. The van der Waals surface area contributed by atoms with Gasteiger partial charge >= 0.3 is 11.4 Å². The Hall–Kier alpha value is -6.66. The average molecular weight is 1130 g/mol. The molecule has 1 unspecified atom stereocenters. The van der Waals surface area contributed by atoms with Gasteiger partial charge in [0.05, 0.1) is 46.4 Å². The zero-order chi connectivity index (χ0) is 52.1. The van der Waals surface area contributed by atoms with E-state index in [9.17, 15) is 29.1 Å². The van der Waals surface area contributed by atoms with Crippen LogP contribution in [-0.4, -0.2) is 58.0 Å². The van der Waals surface area contributed by atoms with Crippen molar-refractivity contribution in [3.8, 4) is 23.3 Å². The normalized spacial score (nSPS) is 11.1. The minimum absolute atomic E-state index is 0. The molecule has 0 amide bonds. The Labute approximate surface area is 449 Å². The number of carbonyl (C=O) groups is 2. The molecule has 0 saturated heterocycles. The quantitative estimate of drug-likeness (QED) is 0.0525. The van der Waals surface area contributed by atoms with E-state index in [1.165, 1.54) is 26.1 Å². The first kappa shape index (κ1) is 57.2. The smallest absolute Gasteiger partial charge is 0.331 e. The maximum Gasteiger partial charge on any atom is 0.331 e. The molecule has 1 atom stereocenters. The number of aryl methyl sites for hydroxylation is 2. The summed E-state index contributed by atoms with van der Waals surface area (Å²) in [5, 5.41) is 20.8. The standard InChI is InChI=1S/C25H21Cl2N3O5.C25H23Cl2N3O4.CH2O2.Zn/c1-29-21-14-28-23(35-19-5-2-4-18(27)13-19)20(12-16-6-8-17(26)9-7-16)22(21)24(32)30(25(29)33)10-3-11-34-15-31;1-3-4-12-30-24(32)20-19(29(2)25(30)33)14-28-23(34-18-7-5-6-17(27)13-18)21(20)22(31)15-8-10-16(26)11-9-15;2-1-3;/h2,4-9,13-15H,3,10-12H2,1H3;5-11,13-14,22,31H,3-4,12H2,1-2H3;1H,(H,2,3);. The number of aromatic nitrogens is 6. The van der Waals surface area contributed by atoms with Gasteiger partial charge in [0, 0.05) is 78.7 Å². The van der Waals surface area contributed by atoms with Gasteiger partial charge in [-0.1, -0.05) is 96.1 Å². The zero-order valence-electron chi connectivity index (χ0n) is 39.5. The van der Waals surface area contributed by atoms with Crippen LogP contribution in [-0.2, 0) is 67.4 Å². The molecule has 8 aromatic rings. The first-order valence-electron chi connectivity index (χ1n) is 22.0. The van der Waals surface area contributed by atoms with Crippen molar-refractivity contribution in [2.45, 2.75) is 51.8 Å². The fourth-order valence-corrected chi connectivity index (χ4v) is 8.17. The van der Waals surface area contributed by atoms with Crippen LogP contribution in [0.1, 0.15) is 54.5 Å². The van der Waals surface area contributed by atoms with Gasteiger partial charge in [-0.3, -0.25) is 37.4 Å². The molecule has 0 aliphatic heterocycles. The summed E-state index contributed by atoms with van der Waals surface area (Å²) in [7, 11) is 3.15. The van der Waals surface area contributed by atoms with Crippen molar-refractivity contribution < 1.29 is 53.5 Å². The molecule has 4 aromatic heterocycles. The van der Waals surface area contributed by atoms with Crippen LogP contribution in [0.25, 0.3) is 21.8 Å². The topological polar surface area (TPSA) is 216 Å². The second-order valence-corrected chi connectivity index (χ2v) is 17.5. The predicted octanol–water partition coefficient (Wildman–Crippen LogP) is 9.12. The maximum absolute atomic E-state index is 13.6. The number of unbranched alkanes of at least 4 members (excludes halogenated alkanes) is 1. The number of aliphatic hydroxyl groups excluding tert-OH is 1. The number of carbonyl (C=O) groups excluding carboxylic acids is 1. The molecule has 376 valence electrons. The summed E-state index contributed by atoms with van der Waals surface area (Å²) in [6.45, 7) is 2.50. The Morgan fingerprint density at radius 2 is 1.14 bits per heavy atom. The summed E-state index contributed by atoms with van der Waals surface area (Å²) in [5.74, 6) is 1.11. The summed E-state index contributed by atoms with van der Waals surface area (Å²) in [6.07, 6.45) is 3.67. The minimum atomic E-state index is -1.27. The van der Waals surface area contributed by atoms with Gasteiger partial charge in [-0.05, 0) is 84.6 Å². The van der Waals surface area contributed by atoms with Crippen molar-refractivity contribution >= 4 is 81.2 Å². The molecule has 73 heavy (non-hydrogen) atoms. The number of halogens is 4. The van der Waals surface area contributed by atoms with Gasteiger partial charge in [0.1, 0.15) is 17.6 Å². The summed E-state index contributed by atoms with van der Waals surface area (Å²) >= 11 is 24.3. The Balaban J connectivity index is 0.000000254. The van der Waals surface area contributed by atoms with Gasteiger partial charge in [-0.15, -0.1) is 0 Å². The number of rotatable bonds is 16. The molecular formula is C51H46Cl4N6O11Zn. The van der Waals surface area contributed by atoms with Crippen molar-refractivity contribution in [3.63, 3.8) is 0 Å². The van der Waals surface area contributed by atoms with Crippen molar-refractivity contribution in [1.29, 1.82) is 0 Å². The van der Waals surface area contributed by atoms with Gasteiger partial charge in [-0.25, -0.2) is 19.6 Å². The second kappa shape index (κ2) is 26.9. The van der Waals surface area contributed by atoms with Crippen molar-refractivity contribution in [3.05, 3.63) is 193 Å². The molecule has 0 saturated carbocycles. The number of ether oxygens (including phenoxy) is 3. The third-order valence-electron chi connectivity index (χ3n) is 11.1. The van der Waals surface area contributed by atoms with Crippen LogP contribution in [0.15, 0.2) is 129 Å². The first-order chi connectivity index (χ1) is 34.6. The van der Waals surface area contributed by atoms with E-state index in [1.807, 2.05) is 19.1 Å². The molecule has 2 N–H and O–H groups in total. The number of fused-ring (bicyclic) bond motifs is 2. The molecule has 22 heteroatoms. The summed E-state index contributed by atoms with van der Waals surface area (Å²) < 4.78 is 21.8. The number of pyridine rings is 2. The molecule has 4 aromatic carbocycles. The number of hydrogen-bond acceptors (Lipinski definition) is 12. The van der Waals surface area contributed by atoms with Crippen LogP contribution < -0.4 is 32.0 Å². The Bertz CT molecular complexity index is 3480. The third-order valence-corrected chi connectivity index (χ3v) is 12.1. The van der Waals surface area contributed by atoms with Gasteiger partial charge in [0.25, 0.3) is 24.1 Å². The van der Waals surface area contributed by atoms with E-state index in [0.29, 0.717) is 84.9 Å². The summed E-state index contributed by atoms with van der Waals surface area (Å²) in [6, 6.07) is 27.4. The van der Waals surface area contributed by atoms with E-state index in [0.717, 1.165) is 16.6 Å². The van der Waals surface area contributed by atoms with E-state index in [4.69, 9.17) is 70.5 Å². The zero-order valence-corrected chi connectivity index (χ0v) is 45.5. The molecule has 17 nitrogen and oxygen atoms in total. The summed E-state index contributed by atoms with van der Waals surface area (Å²) in [4.78, 5) is 80.6. The largest absolute Gasteiger partial charge is 0.483 e.